The molecule has 0 aliphatic carbocycles. The summed E-state index contributed by atoms with van der Waals surface area (Å²) in [4.78, 5) is 0. The van der Waals surface area contributed by atoms with E-state index in [0.29, 0.717) is 19.1 Å². The molecule has 0 atom stereocenters. The second kappa shape index (κ2) is 8.20. The van der Waals surface area contributed by atoms with Crippen molar-refractivity contribution in [3.63, 3.8) is 0 Å². The average molecular weight is 259 g/mol. The zero-order chi connectivity index (χ0) is 12.5. The van der Waals surface area contributed by atoms with Gasteiger partial charge in [-0.3, -0.25) is 0 Å². The van der Waals surface area contributed by atoms with Crippen LogP contribution in [0.25, 0.3) is 0 Å². The number of hydrogen-bond acceptors (Lipinski definition) is 3. The third-order valence-electron chi connectivity index (χ3n) is 2.25. The minimum absolute atomic E-state index is 0.426. The molecule has 0 heterocycles. The van der Waals surface area contributed by atoms with E-state index in [-0.39, 0.29) is 0 Å². The Bertz CT molecular complexity index is 328. The maximum Gasteiger partial charge on any atom is 0.127 e. The molecule has 3 nitrogen and oxygen atoms in total. The SMILES string of the molecule is CCCOCCOc1cc(OC)ccc1CCl. The Labute approximate surface area is 108 Å². The van der Waals surface area contributed by atoms with Gasteiger partial charge in [-0.2, -0.15) is 0 Å². The van der Waals surface area contributed by atoms with E-state index in [9.17, 15) is 0 Å². The topological polar surface area (TPSA) is 27.7 Å². The van der Waals surface area contributed by atoms with E-state index in [1.165, 1.54) is 0 Å². The van der Waals surface area contributed by atoms with Crippen LogP contribution >= 0.6 is 11.6 Å². The summed E-state index contributed by atoms with van der Waals surface area (Å²) in [6, 6.07) is 5.63. The predicted molar refractivity (Wildman–Crippen MR) is 69.2 cm³/mol. The zero-order valence-electron chi connectivity index (χ0n) is 10.4. The maximum absolute atomic E-state index is 5.84. The van der Waals surface area contributed by atoms with E-state index in [1.54, 1.807) is 7.11 Å². The maximum atomic E-state index is 5.84. The molecule has 17 heavy (non-hydrogen) atoms. The molecule has 1 aromatic rings. The Hall–Kier alpha value is -0.930. The minimum Gasteiger partial charge on any atom is -0.497 e. The quantitative estimate of drug-likeness (QED) is 0.529. The lowest BCUT2D eigenvalue weighted by Crippen LogP contribution is -2.08. The minimum atomic E-state index is 0.426. The van der Waals surface area contributed by atoms with Crippen LogP contribution in [0.2, 0.25) is 0 Å². The largest absolute Gasteiger partial charge is 0.497 e. The Balaban J connectivity index is 2.49. The van der Waals surface area contributed by atoms with Crippen molar-refractivity contribution in [2.45, 2.75) is 19.2 Å². The smallest absolute Gasteiger partial charge is 0.127 e. The zero-order valence-corrected chi connectivity index (χ0v) is 11.1. The van der Waals surface area contributed by atoms with Gasteiger partial charge < -0.3 is 14.2 Å². The van der Waals surface area contributed by atoms with E-state index in [2.05, 4.69) is 6.92 Å². The van der Waals surface area contributed by atoms with Crippen molar-refractivity contribution in [3.05, 3.63) is 23.8 Å². The van der Waals surface area contributed by atoms with Crippen molar-refractivity contribution in [2.24, 2.45) is 0 Å². The summed E-state index contributed by atoms with van der Waals surface area (Å²) in [6.07, 6.45) is 1.02. The van der Waals surface area contributed by atoms with Gasteiger partial charge in [0.2, 0.25) is 0 Å². The van der Waals surface area contributed by atoms with Crippen LogP contribution in [0.1, 0.15) is 18.9 Å². The molecule has 0 saturated heterocycles. The summed E-state index contributed by atoms with van der Waals surface area (Å²) in [6.45, 7) is 3.96. The van der Waals surface area contributed by atoms with Crippen LogP contribution in [0.3, 0.4) is 0 Å². The van der Waals surface area contributed by atoms with E-state index >= 15 is 0 Å². The lowest BCUT2D eigenvalue weighted by Gasteiger charge is -2.11. The Morgan fingerprint density at radius 3 is 2.65 bits per heavy atom. The van der Waals surface area contributed by atoms with Crippen LogP contribution in [0, 0.1) is 0 Å². The van der Waals surface area contributed by atoms with Crippen LogP contribution in [-0.2, 0) is 10.6 Å². The second-order valence-corrected chi connectivity index (χ2v) is 3.84. The highest BCUT2D eigenvalue weighted by Gasteiger charge is 2.04. The molecule has 4 heteroatoms. The molecule has 96 valence electrons. The molecule has 0 aromatic heterocycles. The van der Waals surface area contributed by atoms with Gasteiger partial charge in [-0.25, -0.2) is 0 Å². The normalized spacial score (nSPS) is 10.3. The first-order valence-corrected chi connectivity index (χ1v) is 6.28. The fraction of sp³-hybridized carbons (Fsp3) is 0.538. The van der Waals surface area contributed by atoms with Crippen LogP contribution in [0.4, 0.5) is 0 Å². The van der Waals surface area contributed by atoms with E-state index in [0.717, 1.165) is 30.1 Å². The highest BCUT2D eigenvalue weighted by atomic mass is 35.5. The van der Waals surface area contributed by atoms with Gasteiger partial charge in [-0.05, 0) is 12.5 Å². The Kier molecular flexibility index (Phi) is 6.82. The van der Waals surface area contributed by atoms with Crippen molar-refractivity contribution in [3.8, 4) is 11.5 Å². The van der Waals surface area contributed by atoms with Gasteiger partial charge in [-0.15, -0.1) is 11.6 Å². The lowest BCUT2D eigenvalue weighted by atomic mass is 10.2. The molecule has 0 spiro atoms. The third kappa shape index (κ3) is 4.84. The number of halogens is 1. The first-order chi connectivity index (χ1) is 8.31. The molecule has 0 saturated carbocycles. The van der Waals surface area contributed by atoms with Crippen molar-refractivity contribution in [2.75, 3.05) is 26.9 Å². The number of methoxy groups -OCH3 is 1. The molecule has 0 amide bonds. The van der Waals surface area contributed by atoms with Gasteiger partial charge in [0.15, 0.2) is 0 Å². The van der Waals surface area contributed by atoms with Crippen molar-refractivity contribution >= 4 is 11.6 Å². The molecule has 0 unspecified atom stereocenters. The summed E-state index contributed by atoms with van der Waals surface area (Å²) in [5.74, 6) is 1.96. The highest BCUT2D eigenvalue weighted by Crippen LogP contribution is 2.26. The van der Waals surface area contributed by atoms with E-state index < -0.39 is 0 Å². The summed E-state index contributed by atoms with van der Waals surface area (Å²) in [5, 5.41) is 0. The molecule has 0 aliphatic heterocycles. The predicted octanol–water partition coefficient (Wildman–Crippen LogP) is 3.24. The Morgan fingerprint density at radius 2 is 2.00 bits per heavy atom. The second-order valence-electron chi connectivity index (χ2n) is 3.57. The van der Waals surface area contributed by atoms with Gasteiger partial charge in [0, 0.05) is 18.2 Å². The molecule has 1 rings (SSSR count). The molecule has 0 fully saturated rings. The van der Waals surface area contributed by atoms with Gasteiger partial charge in [0.05, 0.1) is 19.6 Å². The van der Waals surface area contributed by atoms with Gasteiger partial charge in [-0.1, -0.05) is 13.0 Å². The van der Waals surface area contributed by atoms with Gasteiger partial charge in [0.1, 0.15) is 18.1 Å². The summed E-state index contributed by atoms with van der Waals surface area (Å²) < 4.78 is 16.1. The number of rotatable bonds is 8. The first kappa shape index (κ1) is 14.1. The number of alkyl halides is 1. The van der Waals surface area contributed by atoms with Crippen molar-refractivity contribution < 1.29 is 14.2 Å². The van der Waals surface area contributed by atoms with Gasteiger partial charge >= 0.3 is 0 Å². The molecule has 0 radical (unpaired) electrons. The Morgan fingerprint density at radius 1 is 1.18 bits per heavy atom. The monoisotopic (exact) mass is 258 g/mol. The molecular weight excluding hydrogens is 240 g/mol. The molecule has 0 aliphatic rings. The molecule has 1 aromatic carbocycles. The number of ether oxygens (including phenoxy) is 3. The molecule has 0 bridgehead atoms. The average Bonchev–Trinajstić information content (AvgIpc) is 2.38. The van der Waals surface area contributed by atoms with Crippen LogP contribution in [-0.4, -0.2) is 26.9 Å². The fourth-order valence-electron chi connectivity index (χ4n) is 1.36. The van der Waals surface area contributed by atoms with E-state index in [1.807, 2.05) is 18.2 Å². The number of benzene rings is 1. The third-order valence-corrected chi connectivity index (χ3v) is 2.54. The van der Waals surface area contributed by atoms with Crippen LogP contribution in [0.15, 0.2) is 18.2 Å². The number of hydrogen-bond donors (Lipinski definition) is 0. The summed E-state index contributed by atoms with van der Waals surface area (Å²) in [5.41, 5.74) is 0.961. The van der Waals surface area contributed by atoms with E-state index in [4.69, 9.17) is 25.8 Å². The van der Waals surface area contributed by atoms with Gasteiger partial charge in [0.25, 0.3) is 0 Å². The van der Waals surface area contributed by atoms with Crippen LogP contribution in [0.5, 0.6) is 11.5 Å². The summed E-state index contributed by atoms with van der Waals surface area (Å²) in [7, 11) is 1.63. The van der Waals surface area contributed by atoms with Crippen molar-refractivity contribution in [1.29, 1.82) is 0 Å². The first-order valence-electron chi connectivity index (χ1n) is 5.75. The summed E-state index contributed by atoms with van der Waals surface area (Å²) >= 11 is 5.84. The lowest BCUT2D eigenvalue weighted by molar-refractivity contribution is 0.100. The van der Waals surface area contributed by atoms with Crippen LogP contribution < -0.4 is 9.47 Å². The molecule has 0 N–H and O–H groups in total. The van der Waals surface area contributed by atoms with Crippen molar-refractivity contribution in [1.82, 2.24) is 0 Å². The molecular formula is C13H19ClO3. The fourth-order valence-corrected chi connectivity index (χ4v) is 1.58. The standard InChI is InChI=1S/C13H19ClO3/c1-3-6-16-7-8-17-13-9-12(15-2)5-4-11(13)10-14/h4-5,9H,3,6-8,10H2,1-2H3. The highest BCUT2D eigenvalue weighted by molar-refractivity contribution is 6.17.